The van der Waals surface area contributed by atoms with Crippen molar-refractivity contribution < 1.29 is 4.79 Å². The molecule has 0 spiro atoms. The summed E-state index contributed by atoms with van der Waals surface area (Å²) in [4.78, 5) is 21.2. The van der Waals surface area contributed by atoms with E-state index in [9.17, 15) is 4.79 Å². The molecular formula is C14H23N5O. The Morgan fingerprint density at radius 1 is 1.40 bits per heavy atom. The summed E-state index contributed by atoms with van der Waals surface area (Å²) in [7, 11) is 4.05. The molecule has 110 valence electrons. The lowest BCUT2D eigenvalue weighted by Gasteiger charge is -2.34. The minimum absolute atomic E-state index is 0.0569. The fraction of sp³-hybridized carbons (Fsp3) is 0.714. The number of nitrogens with one attached hydrogen (secondary N) is 1. The van der Waals surface area contributed by atoms with E-state index in [1.807, 2.05) is 18.1 Å². The van der Waals surface area contributed by atoms with Gasteiger partial charge in [0.2, 0.25) is 0 Å². The molecule has 1 N–H and O–H groups in total. The quantitative estimate of drug-likeness (QED) is 0.836. The predicted octanol–water partition coefficient (Wildman–Crippen LogP) is 0.153. The molecule has 2 aliphatic rings. The maximum Gasteiger partial charge on any atom is 0.274 e. The van der Waals surface area contributed by atoms with Gasteiger partial charge in [-0.05, 0) is 33.0 Å². The molecule has 0 aromatic carbocycles. The van der Waals surface area contributed by atoms with Gasteiger partial charge in [-0.1, -0.05) is 0 Å². The van der Waals surface area contributed by atoms with Crippen LogP contribution in [-0.2, 0) is 13.1 Å². The third-order valence-corrected chi connectivity index (χ3v) is 4.45. The first-order valence-corrected chi connectivity index (χ1v) is 7.37. The molecule has 1 aromatic heterocycles. The van der Waals surface area contributed by atoms with Crippen LogP contribution in [-0.4, -0.2) is 65.0 Å². The number of carbonyl (C=O) groups excluding carboxylic acids is 1. The van der Waals surface area contributed by atoms with E-state index in [1.54, 1.807) is 0 Å². The standard InChI is InChI=1S/C14H23N5O/c1-17-6-3-11(4-7-17)18(2)14(20)12-10-19-8-5-15-9-13(19)16-12/h10-11,15H,3-9H2,1-2H3. The topological polar surface area (TPSA) is 53.4 Å². The zero-order valence-electron chi connectivity index (χ0n) is 12.3. The molecular weight excluding hydrogens is 254 g/mol. The van der Waals surface area contributed by atoms with Crippen LogP contribution in [0.5, 0.6) is 0 Å². The highest BCUT2D eigenvalue weighted by atomic mass is 16.2. The highest BCUT2D eigenvalue weighted by Crippen LogP contribution is 2.17. The molecule has 3 rings (SSSR count). The highest BCUT2D eigenvalue weighted by molar-refractivity contribution is 5.92. The van der Waals surface area contributed by atoms with Crippen LogP contribution >= 0.6 is 0 Å². The van der Waals surface area contributed by atoms with Gasteiger partial charge in [0.05, 0.1) is 6.54 Å². The summed E-state index contributed by atoms with van der Waals surface area (Å²) in [6, 6.07) is 0.343. The maximum absolute atomic E-state index is 12.6. The number of hydrogen-bond acceptors (Lipinski definition) is 4. The average Bonchev–Trinajstić information content (AvgIpc) is 2.90. The second-order valence-corrected chi connectivity index (χ2v) is 5.86. The third-order valence-electron chi connectivity index (χ3n) is 4.45. The van der Waals surface area contributed by atoms with E-state index in [1.165, 1.54) is 0 Å². The molecule has 1 amide bonds. The summed E-state index contributed by atoms with van der Waals surface area (Å²) >= 11 is 0. The number of carbonyl (C=O) groups is 1. The number of likely N-dealkylation sites (tertiary alicyclic amines) is 1. The fourth-order valence-electron chi connectivity index (χ4n) is 3.02. The highest BCUT2D eigenvalue weighted by Gasteiger charge is 2.26. The summed E-state index contributed by atoms with van der Waals surface area (Å²) in [6.07, 6.45) is 4.01. The van der Waals surface area contributed by atoms with Crippen molar-refractivity contribution in [1.82, 2.24) is 24.7 Å². The van der Waals surface area contributed by atoms with E-state index in [0.29, 0.717) is 11.7 Å². The Hall–Kier alpha value is -1.40. The molecule has 0 unspecified atom stereocenters. The molecule has 0 bridgehead atoms. The molecule has 6 nitrogen and oxygen atoms in total. The molecule has 0 aliphatic carbocycles. The van der Waals surface area contributed by atoms with Crippen LogP contribution in [0.2, 0.25) is 0 Å². The molecule has 20 heavy (non-hydrogen) atoms. The largest absolute Gasteiger partial charge is 0.337 e. The lowest BCUT2D eigenvalue weighted by Crippen LogP contribution is -2.44. The molecule has 0 saturated carbocycles. The van der Waals surface area contributed by atoms with Gasteiger partial charge in [-0.3, -0.25) is 4.79 Å². The van der Waals surface area contributed by atoms with Crippen molar-refractivity contribution >= 4 is 5.91 Å². The monoisotopic (exact) mass is 277 g/mol. The van der Waals surface area contributed by atoms with Gasteiger partial charge in [-0.25, -0.2) is 4.98 Å². The number of piperidine rings is 1. The van der Waals surface area contributed by atoms with Gasteiger partial charge in [-0.2, -0.15) is 0 Å². The van der Waals surface area contributed by atoms with Gasteiger partial charge in [0, 0.05) is 32.4 Å². The van der Waals surface area contributed by atoms with Crippen molar-refractivity contribution in [2.24, 2.45) is 0 Å². The summed E-state index contributed by atoms with van der Waals surface area (Å²) in [5.41, 5.74) is 0.588. The SMILES string of the molecule is CN1CCC(N(C)C(=O)c2cn3c(n2)CNCC3)CC1. The zero-order valence-corrected chi connectivity index (χ0v) is 12.3. The van der Waals surface area contributed by atoms with Gasteiger partial charge in [0.1, 0.15) is 11.5 Å². The van der Waals surface area contributed by atoms with Crippen LogP contribution < -0.4 is 5.32 Å². The number of aromatic nitrogens is 2. The Morgan fingerprint density at radius 2 is 2.15 bits per heavy atom. The average molecular weight is 277 g/mol. The smallest absolute Gasteiger partial charge is 0.274 e. The van der Waals surface area contributed by atoms with Crippen LogP contribution in [0, 0.1) is 0 Å². The van der Waals surface area contributed by atoms with E-state index in [2.05, 4.69) is 26.8 Å². The van der Waals surface area contributed by atoms with Gasteiger partial charge < -0.3 is 19.7 Å². The van der Waals surface area contributed by atoms with Crippen LogP contribution in [0.4, 0.5) is 0 Å². The van der Waals surface area contributed by atoms with E-state index in [0.717, 1.165) is 51.4 Å². The molecule has 0 atom stereocenters. The van der Waals surface area contributed by atoms with Crippen LogP contribution in [0.1, 0.15) is 29.2 Å². The Bertz CT molecular complexity index is 466. The van der Waals surface area contributed by atoms with E-state index < -0.39 is 0 Å². The summed E-state index contributed by atoms with van der Waals surface area (Å²) in [5, 5.41) is 3.28. The summed E-state index contributed by atoms with van der Waals surface area (Å²) in [6.45, 7) is 4.72. The first-order chi connectivity index (χ1) is 9.65. The van der Waals surface area contributed by atoms with Gasteiger partial charge in [0.25, 0.3) is 5.91 Å². The van der Waals surface area contributed by atoms with Crippen LogP contribution in [0.3, 0.4) is 0 Å². The van der Waals surface area contributed by atoms with Crippen molar-refractivity contribution in [3.8, 4) is 0 Å². The number of amides is 1. The fourth-order valence-corrected chi connectivity index (χ4v) is 3.02. The van der Waals surface area contributed by atoms with E-state index >= 15 is 0 Å². The number of imidazole rings is 1. The van der Waals surface area contributed by atoms with Crippen molar-refractivity contribution in [2.75, 3.05) is 33.7 Å². The Kier molecular flexibility index (Phi) is 3.76. The molecule has 3 heterocycles. The lowest BCUT2D eigenvalue weighted by atomic mass is 10.0. The molecule has 0 radical (unpaired) electrons. The first kappa shape index (κ1) is 13.6. The maximum atomic E-state index is 12.6. The molecule has 6 heteroatoms. The zero-order chi connectivity index (χ0) is 14.1. The minimum atomic E-state index is 0.0569. The molecule has 2 aliphatic heterocycles. The van der Waals surface area contributed by atoms with Gasteiger partial charge in [0.15, 0.2) is 0 Å². The second kappa shape index (κ2) is 5.54. The normalized spacial score (nSPS) is 20.7. The molecule has 1 saturated heterocycles. The number of rotatable bonds is 2. The number of nitrogens with zero attached hydrogens (tertiary/aromatic N) is 4. The Balaban J connectivity index is 1.70. The second-order valence-electron chi connectivity index (χ2n) is 5.86. The van der Waals surface area contributed by atoms with Crippen LogP contribution in [0.25, 0.3) is 0 Å². The predicted molar refractivity (Wildman–Crippen MR) is 76.5 cm³/mol. The van der Waals surface area contributed by atoms with E-state index in [4.69, 9.17) is 0 Å². The summed E-state index contributed by atoms with van der Waals surface area (Å²) < 4.78 is 2.09. The molecule has 1 aromatic rings. The van der Waals surface area contributed by atoms with Crippen molar-refractivity contribution in [3.63, 3.8) is 0 Å². The van der Waals surface area contributed by atoms with Crippen molar-refractivity contribution in [3.05, 3.63) is 17.7 Å². The summed E-state index contributed by atoms with van der Waals surface area (Å²) in [5.74, 6) is 1.03. The van der Waals surface area contributed by atoms with Crippen molar-refractivity contribution in [1.29, 1.82) is 0 Å². The lowest BCUT2D eigenvalue weighted by molar-refractivity contribution is 0.0654. The van der Waals surface area contributed by atoms with Gasteiger partial charge >= 0.3 is 0 Å². The first-order valence-electron chi connectivity index (χ1n) is 7.37. The minimum Gasteiger partial charge on any atom is -0.337 e. The Labute approximate surface area is 119 Å². The Morgan fingerprint density at radius 3 is 2.85 bits per heavy atom. The van der Waals surface area contributed by atoms with Gasteiger partial charge in [-0.15, -0.1) is 0 Å². The van der Waals surface area contributed by atoms with Crippen LogP contribution in [0.15, 0.2) is 6.20 Å². The van der Waals surface area contributed by atoms with Crippen molar-refractivity contribution in [2.45, 2.75) is 32.0 Å². The van der Waals surface area contributed by atoms with E-state index in [-0.39, 0.29) is 5.91 Å². The number of hydrogen-bond donors (Lipinski definition) is 1. The number of fused-ring (bicyclic) bond motifs is 1. The third kappa shape index (κ3) is 2.58. The molecule has 1 fully saturated rings.